The summed E-state index contributed by atoms with van der Waals surface area (Å²) >= 11 is 0.288. The van der Waals surface area contributed by atoms with Gasteiger partial charge >= 0.3 is 36.6 Å². The van der Waals surface area contributed by atoms with E-state index >= 15 is 0 Å². The van der Waals surface area contributed by atoms with Gasteiger partial charge in [-0.25, -0.2) is 8.78 Å². The van der Waals surface area contributed by atoms with Crippen molar-refractivity contribution in [3.05, 3.63) is 12.2 Å². The molecule has 0 nitrogen and oxygen atoms in total. The minimum Gasteiger partial charge on any atom is -0.230 e. The summed E-state index contributed by atoms with van der Waals surface area (Å²) in [7, 11) is 0. The molecule has 2 unspecified atom stereocenters. The van der Waals surface area contributed by atoms with Gasteiger partial charge in [-0.3, -0.25) is 0 Å². The zero-order chi connectivity index (χ0) is 25.2. The molecule has 0 bridgehead atoms. The molecule has 0 aromatic carbocycles. The monoisotopic (exact) mass is 602 g/mol. The van der Waals surface area contributed by atoms with Gasteiger partial charge in [-0.2, -0.15) is 65.9 Å². The maximum absolute atomic E-state index is 12.8. The van der Waals surface area contributed by atoms with E-state index in [2.05, 4.69) is 0 Å². The summed E-state index contributed by atoms with van der Waals surface area (Å²) in [4.78, 5) is 0. The molecule has 0 spiro atoms. The van der Waals surface area contributed by atoms with E-state index in [9.17, 15) is 74.6 Å². The Balaban J connectivity index is 0. The van der Waals surface area contributed by atoms with Crippen molar-refractivity contribution in [2.24, 2.45) is 0 Å². The Kier molecular flexibility index (Phi) is 9.87. The highest BCUT2D eigenvalue weighted by Gasteiger charge is 2.73. The molecule has 0 aliphatic carbocycles. The van der Waals surface area contributed by atoms with Crippen LogP contribution in [-0.2, 0) is 0 Å². The predicted octanol–water partition coefficient (Wildman–Crippen LogP) is 7.97. The molecule has 0 amide bonds. The molecule has 0 aromatic heterocycles. The molecule has 0 saturated carbocycles. The zero-order valence-electron chi connectivity index (χ0n) is 13.7. The van der Waals surface area contributed by atoms with Crippen molar-refractivity contribution >= 4 is 22.6 Å². The largest absolute Gasteiger partial charge is 0.431 e. The number of hydrogen-bond acceptors (Lipinski definition) is 0. The third kappa shape index (κ3) is 9.61. The van der Waals surface area contributed by atoms with E-state index in [1.807, 2.05) is 0 Å². The number of allylic oxidation sites excluding steroid dienone is 2. The van der Waals surface area contributed by atoms with Crippen molar-refractivity contribution in [2.75, 3.05) is 0 Å². The van der Waals surface area contributed by atoms with Crippen LogP contribution in [0.5, 0.6) is 0 Å². The van der Waals surface area contributed by atoms with Gasteiger partial charge in [0.1, 0.15) is 3.92 Å². The van der Waals surface area contributed by atoms with Gasteiger partial charge < -0.3 is 0 Å². The molecule has 0 aromatic rings. The fourth-order valence-corrected chi connectivity index (χ4v) is 1.71. The first kappa shape index (κ1) is 31.5. The molecule has 0 saturated heterocycles. The molecule has 0 radical (unpaired) electrons. The standard InChI is InChI=1S/C6H3F10I.C6H5F7/c7-3(5(11,12)13,6(14,15)16)1-2(17)4(8,9)10;1-4(7,6(11,12)13)2-3-5(8,9)10/h2H,1H2;2-3H,1H3/b;3-2+. The molecule has 0 fully saturated rings. The van der Waals surface area contributed by atoms with E-state index in [1.54, 1.807) is 0 Å². The van der Waals surface area contributed by atoms with E-state index in [0.29, 0.717) is 0 Å². The molecular formula is C12H8F17I. The van der Waals surface area contributed by atoms with Crippen LogP contribution >= 0.6 is 22.6 Å². The SMILES string of the molecule is CC(F)(/C=C/C(F)(F)F)C(F)(F)F.FC(F)(F)C(I)CC(F)(C(F)(F)F)C(F)(F)F. The summed E-state index contributed by atoms with van der Waals surface area (Å²) < 4.78 is 198. The van der Waals surface area contributed by atoms with Crippen LogP contribution in [0.1, 0.15) is 13.3 Å². The Bertz CT molecular complexity index is 542. The molecular weight excluding hydrogens is 594 g/mol. The Morgan fingerprint density at radius 2 is 0.933 bits per heavy atom. The summed E-state index contributed by atoms with van der Waals surface area (Å²) in [5.74, 6) is 0. The number of hydrogen-bond donors (Lipinski definition) is 0. The summed E-state index contributed by atoms with van der Waals surface area (Å²) in [6, 6.07) is 0. The first-order valence-electron chi connectivity index (χ1n) is 6.64. The maximum Gasteiger partial charge on any atom is 0.431 e. The lowest BCUT2D eigenvalue weighted by Gasteiger charge is -2.31. The van der Waals surface area contributed by atoms with Gasteiger partial charge in [0.05, 0.1) is 0 Å². The predicted molar refractivity (Wildman–Crippen MR) is 75.2 cm³/mol. The third-order valence-corrected chi connectivity index (χ3v) is 4.00. The Hall–Kier alpha value is -0.720. The van der Waals surface area contributed by atoms with Crippen LogP contribution in [0.2, 0.25) is 0 Å². The maximum atomic E-state index is 12.8. The molecule has 0 N–H and O–H groups in total. The highest BCUT2D eigenvalue weighted by molar-refractivity contribution is 14.1. The van der Waals surface area contributed by atoms with E-state index in [4.69, 9.17) is 0 Å². The summed E-state index contributed by atoms with van der Waals surface area (Å²) in [6.07, 6.45) is -32.7. The van der Waals surface area contributed by atoms with Crippen molar-refractivity contribution in [3.63, 3.8) is 0 Å². The van der Waals surface area contributed by atoms with Gasteiger partial charge in [0.2, 0.25) is 5.67 Å². The molecule has 2 atom stereocenters. The van der Waals surface area contributed by atoms with Crippen LogP contribution in [-0.4, -0.2) is 46.1 Å². The minimum absolute atomic E-state index is 0.00917. The van der Waals surface area contributed by atoms with Crippen LogP contribution in [0.25, 0.3) is 0 Å². The Labute approximate surface area is 169 Å². The normalized spacial score (nSPS) is 18.0. The van der Waals surface area contributed by atoms with Crippen LogP contribution in [0.15, 0.2) is 12.2 Å². The minimum atomic E-state index is -6.46. The first-order chi connectivity index (χ1) is 12.6. The van der Waals surface area contributed by atoms with Crippen molar-refractivity contribution in [1.29, 1.82) is 0 Å². The van der Waals surface area contributed by atoms with Crippen LogP contribution in [0.4, 0.5) is 74.6 Å². The van der Waals surface area contributed by atoms with Gasteiger partial charge in [0.25, 0.3) is 0 Å². The van der Waals surface area contributed by atoms with E-state index < -0.39 is 64.7 Å². The zero-order valence-corrected chi connectivity index (χ0v) is 15.9. The van der Waals surface area contributed by atoms with Crippen molar-refractivity contribution in [2.45, 2.75) is 59.5 Å². The Morgan fingerprint density at radius 3 is 1.13 bits per heavy atom. The average molecular weight is 602 g/mol. The summed E-state index contributed by atoms with van der Waals surface area (Å²) in [5, 5.41) is 0. The summed E-state index contributed by atoms with van der Waals surface area (Å²) in [6.45, 7) is 0.00917. The molecule has 0 aliphatic rings. The molecule has 0 rings (SSSR count). The van der Waals surface area contributed by atoms with Crippen LogP contribution in [0.3, 0.4) is 0 Å². The topological polar surface area (TPSA) is 0 Å². The second-order valence-electron chi connectivity index (χ2n) is 5.46. The second-order valence-corrected chi connectivity index (χ2v) is 6.96. The molecule has 0 aliphatic heterocycles. The van der Waals surface area contributed by atoms with Gasteiger partial charge in [0, 0.05) is 12.5 Å². The molecule has 18 heteroatoms. The van der Waals surface area contributed by atoms with Crippen LogP contribution in [0, 0.1) is 0 Å². The van der Waals surface area contributed by atoms with E-state index in [1.165, 1.54) is 0 Å². The number of halogens is 18. The quantitative estimate of drug-likeness (QED) is 0.133. The van der Waals surface area contributed by atoms with Gasteiger partial charge in [0.15, 0.2) is 0 Å². The first-order valence-corrected chi connectivity index (χ1v) is 7.89. The lowest BCUT2D eigenvalue weighted by Crippen LogP contribution is -2.55. The lowest BCUT2D eigenvalue weighted by atomic mass is 9.98. The fraction of sp³-hybridized carbons (Fsp3) is 0.833. The van der Waals surface area contributed by atoms with Gasteiger partial charge in [-0.05, 0) is 13.0 Å². The Morgan fingerprint density at radius 1 is 0.600 bits per heavy atom. The van der Waals surface area contributed by atoms with Crippen LogP contribution < -0.4 is 0 Å². The smallest absolute Gasteiger partial charge is 0.230 e. The van der Waals surface area contributed by atoms with Gasteiger partial charge in [-0.15, -0.1) is 0 Å². The molecule has 30 heavy (non-hydrogen) atoms. The lowest BCUT2D eigenvalue weighted by molar-refractivity contribution is -0.345. The average Bonchev–Trinajstić information content (AvgIpc) is 2.40. The fourth-order valence-electron chi connectivity index (χ4n) is 1.10. The number of rotatable bonds is 3. The van der Waals surface area contributed by atoms with Crippen molar-refractivity contribution in [1.82, 2.24) is 0 Å². The molecule has 0 heterocycles. The number of alkyl halides is 18. The highest BCUT2D eigenvalue weighted by Crippen LogP contribution is 2.51. The third-order valence-electron chi connectivity index (χ3n) is 2.85. The van der Waals surface area contributed by atoms with E-state index in [0.717, 1.165) is 0 Å². The van der Waals surface area contributed by atoms with Gasteiger partial charge in [-0.1, -0.05) is 22.6 Å². The highest BCUT2D eigenvalue weighted by atomic mass is 127. The van der Waals surface area contributed by atoms with E-state index in [-0.39, 0.29) is 29.5 Å². The molecule has 182 valence electrons. The second kappa shape index (κ2) is 9.41. The summed E-state index contributed by atoms with van der Waals surface area (Å²) in [5.41, 5.74) is -9.83. The van der Waals surface area contributed by atoms with Crippen molar-refractivity contribution < 1.29 is 74.6 Å². The van der Waals surface area contributed by atoms with Crippen molar-refractivity contribution in [3.8, 4) is 0 Å².